The summed E-state index contributed by atoms with van der Waals surface area (Å²) >= 11 is 2.58. The maximum atomic E-state index is 13.0. The predicted molar refractivity (Wildman–Crippen MR) is 102 cm³/mol. The average Bonchev–Trinajstić information content (AvgIpc) is 3.26. The third-order valence-electron chi connectivity index (χ3n) is 3.75. The Balaban J connectivity index is 1.46. The van der Waals surface area contributed by atoms with Crippen molar-refractivity contribution in [3.63, 3.8) is 0 Å². The number of para-hydroxylation sites is 1. The zero-order chi connectivity index (χ0) is 18.8. The molecule has 0 spiro atoms. The summed E-state index contributed by atoms with van der Waals surface area (Å²) in [6, 6.07) is 13.6. The zero-order valence-electron chi connectivity index (χ0n) is 14.1. The van der Waals surface area contributed by atoms with Gasteiger partial charge in [0.2, 0.25) is 5.89 Å². The standard InChI is InChI=1S/C18H13FN4O2S2/c1-23-13-4-2-3-5-14(13)27-17(23)20-15(24)10-26-18-22-21-16(25-18)11-6-8-12(19)9-7-11/h2-9H,10H2,1H3. The normalized spacial score (nSPS) is 12.0. The molecule has 0 bridgehead atoms. The van der Waals surface area contributed by atoms with Gasteiger partial charge in [-0.2, -0.15) is 4.99 Å². The monoisotopic (exact) mass is 400 g/mol. The molecule has 0 atom stereocenters. The van der Waals surface area contributed by atoms with E-state index in [-0.39, 0.29) is 28.6 Å². The highest BCUT2D eigenvalue weighted by atomic mass is 32.2. The Bertz CT molecular complexity index is 1180. The number of thiazole rings is 1. The summed E-state index contributed by atoms with van der Waals surface area (Å²) in [4.78, 5) is 17.0. The van der Waals surface area contributed by atoms with E-state index in [1.807, 2.05) is 35.9 Å². The van der Waals surface area contributed by atoms with Gasteiger partial charge in [-0.05, 0) is 36.4 Å². The summed E-state index contributed by atoms with van der Waals surface area (Å²) in [6.45, 7) is 0. The van der Waals surface area contributed by atoms with Gasteiger partial charge in [-0.3, -0.25) is 4.79 Å². The van der Waals surface area contributed by atoms with E-state index < -0.39 is 0 Å². The quantitative estimate of drug-likeness (QED) is 0.489. The van der Waals surface area contributed by atoms with E-state index in [4.69, 9.17) is 4.42 Å². The molecule has 6 nitrogen and oxygen atoms in total. The largest absolute Gasteiger partial charge is 0.411 e. The third kappa shape index (κ3) is 3.83. The van der Waals surface area contributed by atoms with E-state index in [0.717, 1.165) is 22.0 Å². The minimum absolute atomic E-state index is 0.0826. The van der Waals surface area contributed by atoms with Gasteiger partial charge in [0.1, 0.15) is 5.82 Å². The van der Waals surface area contributed by atoms with Crippen molar-refractivity contribution >= 4 is 39.2 Å². The van der Waals surface area contributed by atoms with E-state index in [1.165, 1.54) is 23.5 Å². The Morgan fingerprint density at radius 1 is 1.22 bits per heavy atom. The van der Waals surface area contributed by atoms with E-state index >= 15 is 0 Å². The second-order valence-corrected chi connectivity index (χ2v) is 7.52. The smallest absolute Gasteiger partial charge is 0.277 e. The Hall–Kier alpha value is -2.78. The maximum absolute atomic E-state index is 13.0. The molecule has 27 heavy (non-hydrogen) atoms. The molecule has 0 aliphatic heterocycles. The van der Waals surface area contributed by atoms with Crippen molar-refractivity contribution in [2.24, 2.45) is 12.0 Å². The SMILES string of the molecule is Cn1c(=NC(=O)CSc2nnc(-c3ccc(F)cc3)o2)sc2ccccc21. The molecule has 4 rings (SSSR count). The highest BCUT2D eigenvalue weighted by Crippen LogP contribution is 2.23. The van der Waals surface area contributed by atoms with Crippen molar-refractivity contribution in [2.45, 2.75) is 5.22 Å². The summed E-state index contributed by atoms with van der Waals surface area (Å²) in [6.07, 6.45) is 0. The number of carbonyl (C=O) groups is 1. The molecule has 2 aromatic carbocycles. The first-order valence-electron chi connectivity index (χ1n) is 7.94. The van der Waals surface area contributed by atoms with E-state index in [1.54, 1.807) is 12.1 Å². The van der Waals surface area contributed by atoms with Gasteiger partial charge in [-0.1, -0.05) is 35.2 Å². The van der Waals surface area contributed by atoms with Gasteiger partial charge in [0.05, 0.1) is 16.0 Å². The van der Waals surface area contributed by atoms with E-state index in [0.29, 0.717) is 10.4 Å². The first-order valence-corrected chi connectivity index (χ1v) is 9.75. The lowest BCUT2D eigenvalue weighted by Crippen LogP contribution is -2.14. The fourth-order valence-electron chi connectivity index (χ4n) is 2.43. The van der Waals surface area contributed by atoms with Gasteiger partial charge >= 0.3 is 0 Å². The maximum Gasteiger partial charge on any atom is 0.277 e. The van der Waals surface area contributed by atoms with Gasteiger partial charge in [-0.15, -0.1) is 10.2 Å². The number of amides is 1. The number of halogens is 1. The summed E-state index contributed by atoms with van der Waals surface area (Å²) in [5, 5.41) is 8.08. The molecule has 0 aliphatic rings. The number of hydrogen-bond acceptors (Lipinski definition) is 6. The van der Waals surface area contributed by atoms with Crippen LogP contribution in [0.5, 0.6) is 0 Å². The number of rotatable bonds is 4. The Labute approximate surface area is 161 Å². The predicted octanol–water partition coefficient (Wildman–Crippen LogP) is 3.65. The van der Waals surface area contributed by atoms with Crippen LogP contribution in [0.1, 0.15) is 0 Å². The molecule has 0 radical (unpaired) electrons. The van der Waals surface area contributed by atoms with Crippen LogP contribution in [0, 0.1) is 5.82 Å². The van der Waals surface area contributed by atoms with Crippen molar-refractivity contribution in [3.8, 4) is 11.5 Å². The van der Waals surface area contributed by atoms with Crippen LogP contribution in [0.4, 0.5) is 4.39 Å². The van der Waals surface area contributed by atoms with Crippen molar-refractivity contribution in [3.05, 3.63) is 59.1 Å². The summed E-state index contributed by atoms with van der Waals surface area (Å²) in [5.41, 5.74) is 1.65. The van der Waals surface area contributed by atoms with Crippen LogP contribution in [-0.2, 0) is 11.8 Å². The molecule has 0 N–H and O–H groups in total. The minimum atomic E-state index is -0.338. The highest BCUT2D eigenvalue weighted by molar-refractivity contribution is 7.99. The molecule has 9 heteroatoms. The Morgan fingerprint density at radius 2 is 2.00 bits per heavy atom. The van der Waals surface area contributed by atoms with Crippen LogP contribution in [0.15, 0.2) is 63.2 Å². The molecular weight excluding hydrogens is 387 g/mol. The second kappa shape index (κ2) is 7.45. The van der Waals surface area contributed by atoms with Gasteiger partial charge in [0.15, 0.2) is 4.80 Å². The third-order valence-corrected chi connectivity index (χ3v) is 5.67. The number of fused-ring (bicyclic) bond motifs is 1. The van der Waals surface area contributed by atoms with Crippen LogP contribution in [0.3, 0.4) is 0 Å². The van der Waals surface area contributed by atoms with Crippen LogP contribution in [-0.4, -0.2) is 26.4 Å². The first kappa shape index (κ1) is 17.6. The minimum Gasteiger partial charge on any atom is -0.411 e. The number of aryl methyl sites for hydroxylation is 1. The Morgan fingerprint density at radius 3 is 2.78 bits per heavy atom. The van der Waals surface area contributed by atoms with Crippen LogP contribution < -0.4 is 4.80 Å². The van der Waals surface area contributed by atoms with Gasteiger partial charge in [-0.25, -0.2) is 4.39 Å². The molecule has 0 saturated heterocycles. The Kier molecular flexibility index (Phi) is 4.87. The lowest BCUT2D eigenvalue weighted by molar-refractivity contribution is -0.115. The lowest BCUT2D eigenvalue weighted by atomic mass is 10.2. The molecule has 0 saturated carbocycles. The van der Waals surface area contributed by atoms with Crippen LogP contribution in [0.25, 0.3) is 21.7 Å². The average molecular weight is 400 g/mol. The molecule has 4 aromatic rings. The number of carbonyl (C=O) groups excluding carboxylic acids is 1. The number of thioether (sulfide) groups is 1. The molecule has 2 aromatic heterocycles. The fourth-order valence-corrected chi connectivity index (χ4v) is 4.01. The second-order valence-electron chi connectivity index (χ2n) is 5.59. The van der Waals surface area contributed by atoms with Gasteiger partial charge in [0.25, 0.3) is 11.1 Å². The number of nitrogens with zero attached hydrogens (tertiary/aromatic N) is 4. The van der Waals surface area contributed by atoms with Gasteiger partial charge in [0, 0.05) is 12.6 Å². The van der Waals surface area contributed by atoms with Crippen molar-refractivity contribution in [1.29, 1.82) is 0 Å². The molecular formula is C18H13FN4O2S2. The highest BCUT2D eigenvalue weighted by Gasteiger charge is 2.11. The molecule has 0 unspecified atom stereocenters. The zero-order valence-corrected chi connectivity index (χ0v) is 15.8. The molecule has 136 valence electrons. The topological polar surface area (TPSA) is 73.3 Å². The molecule has 1 amide bonds. The number of hydrogen-bond donors (Lipinski definition) is 0. The molecule has 0 aliphatic carbocycles. The van der Waals surface area contributed by atoms with E-state index in [2.05, 4.69) is 15.2 Å². The van der Waals surface area contributed by atoms with Crippen molar-refractivity contribution in [2.75, 3.05) is 5.75 Å². The van der Waals surface area contributed by atoms with Crippen LogP contribution in [0.2, 0.25) is 0 Å². The fraction of sp³-hybridized carbons (Fsp3) is 0.111. The molecule has 0 fully saturated rings. The van der Waals surface area contributed by atoms with Gasteiger partial charge < -0.3 is 8.98 Å². The van der Waals surface area contributed by atoms with E-state index in [9.17, 15) is 9.18 Å². The summed E-state index contributed by atoms with van der Waals surface area (Å²) < 4.78 is 21.4. The van der Waals surface area contributed by atoms with Crippen molar-refractivity contribution < 1.29 is 13.6 Å². The molecule has 2 heterocycles. The summed E-state index contributed by atoms with van der Waals surface area (Å²) in [7, 11) is 1.88. The first-order chi connectivity index (χ1) is 13.1. The van der Waals surface area contributed by atoms with Crippen LogP contribution >= 0.6 is 23.1 Å². The summed E-state index contributed by atoms with van der Waals surface area (Å²) in [5.74, 6) is -0.268. The number of aromatic nitrogens is 3. The van der Waals surface area contributed by atoms with Crippen molar-refractivity contribution in [1.82, 2.24) is 14.8 Å². The lowest BCUT2D eigenvalue weighted by Gasteiger charge is -1.95. The number of benzene rings is 2.